The lowest BCUT2D eigenvalue weighted by atomic mass is 10.3. The quantitative estimate of drug-likeness (QED) is 0.403. The van der Waals surface area contributed by atoms with Crippen molar-refractivity contribution >= 4 is 0 Å². The standard InChI is InChI=1S/C12H14O.C3H4.C2H6/c1-3-8-11(4-2)13-12-9-6-5-7-10-12;1-3-2;1-2/h3-10H,1-2H3;1H,2H3;1-2H3/b8-3-,11-4+;;. The van der Waals surface area contributed by atoms with Crippen LogP contribution in [0.2, 0.25) is 0 Å². The average molecular weight is 244 g/mol. The Balaban J connectivity index is 0. The van der Waals surface area contributed by atoms with E-state index in [0.29, 0.717) is 0 Å². The molecule has 0 aromatic heterocycles. The molecule has 1 aromatic rings. The van der Waals surface area contributed by atoms with Crippen LogP contribution < -0.4 is 4.74 Å². The van der Waals surface area contributed by atoms with Crippen molar-refractivity contribution in [3.63, 3.8) is 0 Å². The molecular formula is C17H24O. The highest BCUT2D eigenvalue weighted by atomic mass is 16.5. The van der Waals surface area contributed by atoms with Crippen LogP contribution in [0.15, 0.2) is 54.3 Å². The Labute approximate surface area is 112 Å². The van der Waals surface area contributed by atoms with Crippen LogP contribution in [-0.4, -0.2) is 0 Å². The summed E-state index contributed by atoms with van der Waals surface area (Å²) in [6.07, 6.45) is 10.4. The van der Waals surface area contributed by atoms with Gasteiger partial charge in [0.05, 0.1) is 0 Å². The number of para-hydroxylation sites is 1. The van der Waals surface area contributed by atoms with E-state index in [9.17, 15) is 0 Å². The maximum atomic E-state index is 5.58. The molecule has 0 fully saturated rings. The monoisotopic (exact) mass is 244 g/mol. The second-order valence-corrected chi connectivity index (χ2v) is 2.89. The van der Waals surface area contributed by atoms with Crippen LogP contribution in [0.1, 0.15) is 34.6 Å². The lowest BCUT2D eigenvalue weighted by Crippen LogP contribution is -1.90. The maximum Gasteiger partial charge on any atom is 0.127 e. The molecule has 0 aliphatic carbocycles. The van der Waals surface area contributed by atoms with Gasteiger partial charge in [-0.2, -0.15) is 0 Å². The molecule has 1 rings (SSSR count). The molecule has 0 saturated heterocycles. The Bertz CT molecular complexity index is 366. The van der Waals surface area contributed by atoms with Crippen molar-refractivity contribution in [2.45, 2.75) is 34.6 Å². The summed E-state index contributed by atoms with van der Waals surface area (Å²) in [5.74, 6) is 3.99. The van der Waals surface area contributed by atoms with Crippen LogP contribution in [0.25, 0.3) is 0 Å². The van der Waals surface area contributed by atoms with Crippen molar-refractivity contribution in [1.82, 2.24) is 0 Å². The lowest BCUT2D eigenvalue weighted by molar-refractivity contribution is 0.443. The van der Waals surface area contributed by atoms with Gasteiger partial charge in [-0.05, 0) is 45.1 Å². The highest BCUT2D eigenvalue weighted by molar-refractivity contribution is 5.25. The molecule has 1 nitrogen and oxygen atoms in total. The molecule has 0 N–H and O–H groups in total. The first-order valence-corrected chi connectivity index (χ1v) is 6.17. The predicted molar refractivity (Wildman–Crippen MR) is 81.5 cm³/mol. The topological polar surface area (TPSA) is 9.23 Å². The number of benzene rings is 1. The molecule has 0 saturated carbocycles. The molecule has 0 unspecified atom stereocenters. The van der Waals surface area contributed by atoms with Gasteiger partial charge in [-0.1, -0.05) is 38.1 Å². The van der Waals surface area contributed by atoms with E-state index < -0.39 is 0 Å². The molecule has 0 spiro atoms. The third kappa shape index (κ3) is 10.6. The Morgan fingerprint density at radius 3 is 2.06 bits per heavy atom. The molecule has 0 aliphatic heterocycles. The number of hydrogen-bond acceptors (Lipinski definition) is 1. The number of allylic oxidation sites excluding steroid dienone is 3. The summed E-state index contributed by atoms with van der Waals surface area (Å²) in [7, 11) is 0. The van der Waals surface area contributed by atoms with Gasteiger partial charge in [-0.3, -0.25) is 0 Å². The normalized spacial score (nSPS) is 9.44. The summed E-state index contributed by atoms with van der Waals surface area (Å²) in [4.78, 5) is 0. The second-order valence-electron chi connectivity index (χ2n) is 2.89. The summed E-state index contributed by atoms with van der Waals surface area (Å²) in [5.41, 5.74) is 0. The molecule has 1 aromatic carbocycles. The highest BCUT2D eigenvalue weighted by Gasteiger charge is 1.92. The second kappa shape index (κ2) is 15.1. The minimum absolute atomic E-state index is 0.869. The molecule has 0 amide bonds. The fraction of sp³-hybridized carbons (Fsp3) is 0.294. The summed E-state index contributed by atoms with van der Waals surface area (Å²) in [6.45, 7) is 9.58. The third-order valence-electron chi connectivity index (χ3n) is 1.59. The maximum absolute atomic E-state index is 5.58. The van der Waals surface area contributed by atoms with Gasteiger partial charge in [0, 0.05) is 0 Å². The molecule has 0 heterocycles. The lowest BCUT2D eigenvalue weighted by Gasteiger charge is -2.04. The summed E-state index contributed by atoms with van der Waals surface area (Å²) in [6, 6.07) is 9.76. The van der Waals surface area contributed by atoms with Crippen LogP contribution in [0.5, 0.6) is 5.75 Å². The molecule has 0 atom stereocenters. The molecule has 18 heavy (non-hydrogen) atoms. The van der Waals surface area contributed by atoms with Gasteiger partial charge in [0.15, 0.2) is 0 Å². The van der Waals surface area contributed by atoms with E-state index in [-0.39, 0.29) is 0 Å². The zero-order chi connectivity index (χ0) is 14.2. The first kappa shape index (κ1) is 18.4. The highest BCUT2D eigenvalue weighted by Crippen LogP contribution is 2.13. The number of terminal acetylenes is 1. The summed E-state index contributed by atoms with van der Waals surface area (Å²) in [5, 5.41) is 0. The van der Waals surface area contributed by atoms with E-state index in [1.807, 2.05) is 76.3 Å². The van der Waals surface area contributed by atoms with Crippen molar-refractivity contribution in [3.8, 4) is 18.1 Å². The van der Waals surface area contributed by atoms with Crippen molar-refractivity contribution in [1.29, 1.82) is 0 Å². The van der Waals surface area contributed by atoms with Gasteiger partial charge in [0.25, 0.3) is 0 Å². The zero-order valence-electron chi connectivity index (χ0n) is 12.1. The minimum Gasteiger partial charge on any atom is -0.458 e. The van der Waals surface area contributed by atoms with E-state index in [4.69, 9.17) is 4.74 Å². The molecule has 0 radical (unpaired) electrons. The van der Waals surface area contributed by atoms with Gasteiger partial charge in [0.1, 0.15) is 11.5 Å². The van der Waals surface area contributed by atoms with Gasteiger partial charge in [-0.25, -0.2) is 0 Å². The van der Waals surface area contributed by atoms with Crippen molar-refractivity contribution in [2.24, 2.45) is 0 Å². The molecule has 1 heteroatoms. The van der Waals surface area contributed by atoms with Gasteiger partial charge in [0.2, 0.25) is 0 Å². The first-order chi connectivity index (χ1) is 8.78. The van der Waals surface area contributed by atoms with Crippen molar-refractivity contribution < 1.29 is 4.74 Å². The van der Waals surface area contributed by atoms with Crippen molar-refractivity contribution in [3.05, 3.63) is 54.3 Å². The Morgan fingerprint density at radius 2 is 1.67 bits per heavy atom. The summed E-state index contributed by atoms with van der Waals surface area (Å²) < 4.78 is 5.58. The number of rotatable bonds is 3. The number of hydrogen-bond donors (Lipinski definition) is 0. The van der Waals surface area contributed by atoms with Gasteiger partial charge >= 0.3 is 0 Å². The van der Waals surface area contributed by atoms with Crippen LogP contribution in [-0.2, 0) is 0 Å². The molecular weight excluding hydrogens is 220 g/mol. The van der Waals surface area contributed by atoms with E-state index in [0.717, 1.165) is 11.5 Å². The van der Waals surface area contributed by atoms with E-state index in [2.05, 4.69) is 12.3 Å². The zero-order valence-corrected chi connectivity index (χ0v) is 12.1. The largest absolute Gasteiger partial charge is 0.458 e. The van der Waals surface area contributed by atoms with Crippen molar-refractivity contribution in [2.75, 3.05) is 0 Å². The predicted octanol–water partition coefficient (Wildman–Crippen LogP) is 5.21. The SMILES string of the molecule is C#CC.C/C=C\C(=C/C)Oc1ccccc1.CC. The Kier molecular flexibility index (Phi) is 15.4. The fourth-order valence-electron chi connectivity index (χ4n) is 0.978. The van der Waals surface area contributed by atoms with Gasteiger partial charge in [-0.15, -0.1) is 12.3 Å². The van der Waals surface area contributed by atoms with E-state index in [1.165, 1.54) is 0 Å². The van der Waals surface area contributed by atoms with E-state index >= 15 is 0 Å². The first-order valence-electron chi connectivity index (χ1n) is 6.17. The third-order valence-corrected chi connectivity index (χ3v) is 1.59. The smallest absolute Gasteiger partial charge is 0.127 e. The summed E-state index contributed by atoms with van der Waals surface area (Å²) >= 11 is 0. The van der Waals surface area contributed by atoms with Crippen LogP contribution in [0.4, 0.5) is 0 Å². The fourth-order valence-corrected chi connectivity index (χ4v) is 0.978. The molecule has 98 valence electrons. The van der Waals surface area contributed by atoms with Gasteiger partial charge < -0.3 is 4.74 Å². The van der Waals surface area contributed by atoms with E-state index in [1.54, 1.807) is 6.92 Å². The minimum atomic E-state index is 0.869. The average Bonchev–Trinajstić information content (AvgIpc) is 2.42. The van der Waals surface area contributed by atoms with Crippen LogP contribution >= 0.6 is 0 Å². The molecule has 0 bridgehead atoms. The van der Waals surface area contributed by atoms with Crippen LogP contribution in [0.3, 0.4) is 0 Å². The Morgan fingerprint density at radius 1 is 1.17 bits per heavy atom. The Hall–Kier alpha value is -1.94. The molecule has 0 aliphatic rings. The number of ether oxygens (including phenoxy) is 1. The van der Waals surface area contributed by atoms with Crippen LogP contribution in [0, 0.1) is 12.3 Å².